The minimum Gasteiger partial charge on any atom is -0.350 e. The SMILES string of the molecule is Cc1ccc(C2=C(Nc3cccc(Cl)c3C)C(=O)N(c3ccc(C#N)cc3)C2=O)cc1. The van der Waals surface area contributed by atoms with Gasteiger partial charge in [-0.3, -0.25) is 9.59 Å². The Morgan fingerprint density at radius 3 is 2.23 bits per heavy atom. The summed E-state index contributed by atoms with van der Waals surface area (Å²) in [7, 11) is 0. The van der Waals surface area contributed by atoms with Crippen molar-refractivity contribution in [2.45, 2.75) is 13.8 Å². The zero-order valence-corrected chi connectivity index (χ0v) is 17.7. The highest BCUT2D eigenvalue weighted by molar-refractivity contribution is 6.46. The van der Waals surface area contributed by atoms with E-state index in [1.165, 1.54) is 0 Å². The Kier molecular flexibility index (Phi) is 5.33. The van der Waals surface area contributed by atoms with Gasteiger partial charge in [0.25, 0.3) is 11.8 Å². The normalized spacial score (nSPS) is 13.5. The maximum absolute atomic E-state index is 13.4. The molecular weight excluding hydrogens is 410 g/mol. The summed E-state index contributed by atoms with van der Waals surface area (Å²) in [6.45, 7) is 3.80. The summed E-state index contributed by atoms with van der Waals surface area (Å²) in [5, 5.41) is 12.7. The number of rotatable bonds is 4. The number of hydrogen-bond donors (Lipinski definition) is 1. The molecule has 152 valence electrons. The van der Waals surface area contributed by atoms with Crippen LogP contribution in [0.2, 0.25) is 5.02 Å². The topological polar surface area (TPSA) is 73.2 Å². The van der Waals surface area contributed by atoms with Crippen molar-refractivity contribution < 1.29 is 9.59 Å². The van der Waals surface area contributed by atoms with E-state index >= 15 is 0 Å². The maximum Gasteiger partial charge on any atom is 0.282 e. The predicted molar refractivity (Wildman–Crippen MR) is 122 cm³/mol. The molecule has 0 saturated carbocycles. The first kappa shape index (κ1) is 20.4. The Morgan fingerprint density at radius 2 is 1.58 bits per heavy atom. The van der Waals surface area contributed by atoms with Gasteiger partial charge in [0, 0.05) is 10.7 Å². The summed E-state index contributed by atoms with van der Waals surface area (Å²) in [6, 6.07) is 21.2. The Hall–Kier alpha value is -3.88. The van der Waals surface area contributed by atoms with Crippen molar-refractivity contribution in [3.8, 4) is 6.07 Å². The van der Waals surface area contributed by atoms with Crippen molar-refractivity contribution in [1.29, 1.82) is 5.26 Å². The highest BCUT2D eigenvalue weighted by atomic mass is 35.5. The van der Waals surface area contributed by atoms with Gasteiger partial charge >= 0.3 is 0 Å². The number of anilines is 2. The van der Waals surface area contributed by atoms with E-state index in [4.69, 9.17) is 16.9 Å². The highest BCUT2D eigenvalue weighted by Crippen LogP contribution is 2.35. The van der Waals surface area contributed by atoms with Crippen LogP contribution in [0.15, 0.2) is 72.4 Å². The zero-order valence-electron chi connectivity index (χ0n) is 16.9. The number of amides is 2. The van der Waals surface area contributed by atoms with Crippen molar-refractivity contribution in [3.63, 3.8) is 0 Å². The fraction of sp³-hybridized carbons (Fsp3) is 0.0800. The lowest BCUT2D eigenvalue weighted by molar-refractivity contribution is -0.120. The molecule has 0 aliphatic carbocycles. The van der Waals surface area contributed by atoms with Gasteiger partial charge in [-0.1, -0.05) is 47.5 Å². The minimum absolute atomic E-state index is 0.184. The lowest BCUT2D eigenvalue weighted by Crippen LogP contribution is -2.32. The van der Waals surface area contributed by atoms with E-state index < -0.39 is 11.8 Å². The number of nitriles is 1. The summed E-state index contributed by atoms with van der Waals surface area (Å²) in [6.07, 6.45) is 0. The molecule has 4 rings (SSSR count). The Labute approximate surface area is 185 Å². The van der Waals surface area contributed by atoms with Crippen LogP contribution in [0.25, 0.3) is 5.57 Å². The fourth-order valence-electron chi connectivity index (χ4n) is 3.43. The Bertz CT molecular complexity index is 1270. The number of hydrogen-bond acceptors (Lipinski definition) is 4. The van der Waals surface area contributed by atoms with Gasteiger partial charge < -0.3 is 5.32 Å². The molecule has 6 heteroatoms. The molecule has 0 spiro atoms. The van der Waals surface area contributed by atoms with Crippen molar-refractivity contribution >= 4 is 40.4 Å². The summed E-state index contributed by atoms with van der Waals surface area (Å²) in [4.78, 5) is 28.0. The van der Waals surface area contributed by atoms with Crippen LogP contribution < -0.4 is 10.2 Å². The summed E-state index contributed by atoms with van der Waals surface area (Å²) in [5.41, 5.74) is 4.43. The standard InChI is InChI=1S/C25H18ClN3O2/c1-15-6-10-18(11-7-15)22-23(28-21-5-3-4-20(26)16(21)2)25(31)29(24(22)30)19-12-8-17(14-27)9-13-19/h3-13,28H,1-2H3. The second-order valence-electron chi connectivity index (χ2n) is 7.26. The molecule has 0 fully saturated rings. The number of nitrogens with one attached hydrogen (secondary N) is 1. The van der Waals surface area contributed by atoms with Gasteiger partial charge in [-0.15, -0.1) is 0 Å². The fourth-order valence-corrected chi connectivity index (χ4v) is 3.61. The van der Waals surface area contributed by atoms with Crippen molar-refractivity contribution in [2.24, 2.45) is 0 Å². The molecule has 0 aromatic heterocycles. The molecule has 0 unspecified atom stereocenters. The Balaban J connectivity index is 1.83. The molecule has 2 amide bonds. The lowest BCUT2D eigenvalue weighted by atomic mass is 10.0. The molecule has 0 radical (unpaired) electrons. The molecule has 1 heterocycles. The average Bonchev–Trinajstić information content (AvgIpc) is 3.01. The molecule has 3 aromatic carbocycles. The number of carbonyl (C=O) groups is 2. The molecule has 0 atom stereocenters. The molecule has 5 nitrogen and oxygen atoms in total. The maximum atomic E-state index is 13.4. The molecule has 31 heavy (non-hydrogen) atoms. The summed E-state index contributed by atoms with van der Waals surface area (Å²) >= 11 is 6.24. The van der Waals surface area contributed by atoms with Crippen LogP contribution in [0.1, 0.15) is 22.3 Å². The van der Waals surface area contributed by atoms with Crippen molar-refractivity contribution in [2.75, 3.05) is 10.2 Å². The van der Waals surface area contributed by atoms with E-state index in [1.807, 2.05) is 50.2 Å². The van der Waals surface area contributed by atoms with Crippen molar-refractivity contribution in [1.82, 2.24) is 0 Å². The van der Waals surface area contributed by atoms with Gasteiger partial charge in [0.05, 0.1) is 22.9 Å². The monoisotopic (exact) mass is 427 g/mol. The quantitative estimate of drug-likeness (QED) is 0.579. The number of imide groups is 1. The molecule has 1 N–H and O–H groups in total. The number of halogens is 1. The molecule has 1 aliphatic heterocycles. The van der Waals surface area contributed by atoms with E-state index in [1.54, 1.807) is 36.4 Å². The van der Waals surface area contributed by atoms with Crippen molar-refractivity contribution in [3.05, 3.63) is 99.7 Å². The van der Waals surface area contributed by atoms with Gasteiger partial charge in [-0.2, -0.15) is 5.26 Å². The number of aryl methyl sites for hydroxylation is 1. The van der Waals surface area contributed by atoms with Gasteiger partial charge in [-0.25, -0.2) is 4.90 Å². The van der Waals surface area contributed by atoms with Gasteiger partial charge in [-0.05, 0) is 61.4 Å². The first-order chi connectivity index (χ1) is 14.9. The van der Waals surface area contributed by atoms with Gasteiger partial charge in [0.15, 0.2) is 0 Å². The van der Waals surface area contributed by atoms with E-state index in [9.17, 15) is 9.59 Å². The van der Waals surface area contributed by atoms with Crippen LogP contribution in [0, 0.1) is 25.2 Å². The summed E-state index contributed by atoms with van der Waals surface area (Å²) in [5.74, 6) is -0.898. The van der Waals surface area contributed by atoms with Crippen LogP contribution >= 0.6 is 11.6 Å². The third-order valence-corrected chi connectivity index (χ3v) is 5.62. The second kappa shape index (κ2) is 8.10. The highest BCUT2D eigenvalue weighted by Gasteiger charge is 2.40. The molecule has 1 aliphatic rings. The molecular formula is C25H18ClN3O2. The van der Waals surface area contributed by atoms with Gasteiger partial charge in [0.2, 0.25) is 0 Å². The number of nitrogens with zero attached hydrogens (tertiary/aromatic N) is 2. The van der Waals surface area contributed by atoms with E-state index in [2.05, 4.69) is 5.32 Å². The number of carbonyl (C=O) groups excluding carboxylic acids is 2. The predicted octanol–water partition coefficient (Wildman–Crippen LogP) is 5.23. The van der Waals surface area contributed by atoms with Crippen LogP contribution in [0.5, 0.6) is 0 Å². The smallest absolute Gasteiger partial charge is 0.282 e. The molecule has 3 aromatic rings. The molecule has 0 saturated heterocycles. The van der Waals surface area contributed by atoms with Crippen LogP contribution in [0.3, 0.4) is 0 Å². The van der Waals surface area contributed by atoms with Gasteiger partial charge in [0.1, 0.15) is 5.70 Å². The first-order valence-corrected chi connectivity index (χ1v) is 10.0. The third kappa shape index (κ3) is 3.70. The third-order valence-electron chi connectivity index (χ3n) is 5.21. The van der Waals surface area contributed by atoms with Crippen LogP contribution in [-0.4, -0.2) is 11.8 Å². The van der Waals surface area contributed by atoms with E-state index in [-0.39, 0.29) is 11.3 Å². The lowest BCUT2D eigenvalue weighted by Gasteiger charge is -2.16. The first-order valence-electron chi connectivity index (χ1n) is 9.63. The van der Waals surface area contributed by atoms with Crippen LogP contribution in [-0.2, 0) is 9.59 Å². The van der Waals surface area contributed by atoms with E-state index in [0.29, 0.717) is 27.5 Å². The average molecular weight is 428 g/mol. The molecule has 0 bridgehead atoms. The minimum atomic E-state index is -0.468. The zero-order chi connectivity index (χ0) is 22.1. The Morgan fingerprint density at radius 1 is 0.903 bits per heavy atom. The largest absolute Gasteiger partial charge is 0.350 e. The number of benzene rings is 3. The van der Waals surface area contributed by atoms with E-state index in [0.717, 1.165) is 16.0 Å². The van der Waals surface area contributed by atoms with Crippen LogP contribution in [0.4, 0.5) is 11.4 Å². The second-order valence-corrected chi connectivity index (χ2v) is 7.67. The summed E-state index contributed by atoms with van der Waals surface area (Å²) < 4.78 is 0.